The van der Waals surface area contributed by atoms with Gasteiger partial charge in [-0.1, -0.05) is 20.3 Å². The number of hydrogen-bond donors (Lipinski definition) is 7. The van der Waals surface area contributed by atoms with Crippen molar-refractivity contribution in [2.75, 3.05) is 20.3 Å². The fraction of sp³-hybridized carbons (Fsp3) is 0.935. The largest absolute Gasteiger partial charge is 0.394 e. The van der Waals surface area contributed by atoms with Crippen LogP contribution in [-0.2, 0) is 23.8 Å². The third kappa shape index (κ3) is 6.09. The lowest BCUT2D eigenvalue weighted by molar-refractivity contribution is -0.347. The van der Waals surface area contributed by atoms with Crippen LogP contribution in [0, 0.1) is 41.4 Å². The second-order valence-electron chi connectivity index (χ2n) is 14.0. The number of methoxy groups -OCH3 is 1. The first kappa shape index (κ1) is 33.3. The van der Waals surface area contributed by atoms with E-state index < -0.39 is 78.8 Å². The van der Waals surface area contributed by atoms with Gasteiger partial charge in [0.15, 0.2) is 6.29 Å². The molecule has 2 saturated heterocycles. The molecular formula is C31H52N2O10. The smallest absolute Gasteiger partial charge is 0.187 e. The van der Waals surface area contributed by atoms with Gasteiger partial charge in [0, 0.05) is 25.4 Å². The number of Topliss-reactive ketones (excluding diaryl/α,β-unsaturated/α-hetero) is 2. The summed E-state index contributed by atoms with van der Waals surface area (Å²) in [5.41, 5.74) is 4.08. The molecule has 2 aliphatic heterocycles. The molecule has 16 unspecified atom stereocenters. The molecule has 0 bridgehead atoms. The minimum absolute atomic E-state index is 0.0483. The summed E-state index contributed by atoms with van der Waals surface area (Å²) < 4.78 is 18.0. The zero-order valence-electron chi connectivity index (χ0n) is 25.6. The number of nitrogens with two attached hydrogens (primary N) is 1. The van der Waals surface area contributed by atoms with E-state index in [2.05, 4.69) is 5.32 Å². The molecule has 246 valence electrons. The van der Waals surface area contributed by atoms with Gasteiger partial charge in [-0.05, 0) is 62.8 Å². The number of hydrogen-bond acceptors (Lipinski definition) is 12. The van der Waals surface area contributed by atoms with Crippen LogP contribution in [0.3, 0.4) is 0 Å². The topological polar surface area (TPSA) is 201 Å². The summed E-state index contributed by atoms with van der Waals surface area (Å²) in [5, 5.41) is 58.3. The van der Waals surface area contributed by atoms with E-state index in [4.69, 9.17) is 19.9 Å². The summed E-state index contributed by atoms with van der Waals surface area (Å²) in [6.07, 6.45) is -4.51. The highest BCUT2D eigenvalue weighted by Crippen LogP contribution is 2.52. The van der Waals surface area contributed by atoms with Gasteiger partial charge in [-0.2, -0.15) is 0 Å². The Hall–Kier alpha value is -1.06. The number of aliphatic hydroxyl groups excluding tert-OH is 4. The maximum Gasteiger partial charge on any atom is 0.187 e. The molecule has 43 heavy (non-hydrogen) atoms. The van der Waals surface area contributed by atoms with Crippen molar-refractivity contribution in [3.05, 3.63) is 0 Å². The van der Waals surface area contributed by atoms with Crippen molar-refractivity contribution in [3.8, 4) is 0 Å². The first-order valence-electron chi connectivity index (χ1n) is 16.2. The third-order valence-corrected chi connectivity index (χ3v) is 11.4. The maximum atomic E-state index is 14.1. The van der Waals surface area contributed by atoms with Gasteiger partial charge < -0.3 is 50.8 Å². The molecular weight excluding hydrogens is 560 g/mol. The first-order chi connectivity index (χ1) is 20.4. The molecule has 0 radical (unpaired) electrons. The summed E-state index contributed by atoms with van der Waals surface area (Å²) in [5.74, 6) is -3.08. The van der Waals surface area contributed by atoms with Crippen molar-refractivity contribution in [2.45, 2.75) is 120 Å². The Morgan fingerprint density at radius 2 is 1.79 bits per heavy atom. The van der Waals surface area contributed by atoms with Crippen molar-refractivity contribution in [2.24, 2.45) is 47.2 Å². The maximum absolute atomic E-state index is 14.1. The number of fused-ring (bicyclic) bond motifs is 2. The number of ether oxygens (including phenoxy) is 3. The summed E-state index contributed by atoms with van der Waals surface area (Å²) in [6.45, 7) is 4.06. The highest BCUT2D eigenvalue weighted by Gasteiger charge is 2.62. The van der Waals surface area contributed by atoms with Crippen LogP contribution < -0.4 is 11.1 Å². The van der Waals surface area contributed by atoms with Gasteiger partial charge in [-0.25, -0.2) is 0 Å². The molecule has 5 rings (SSSR count). The molecule has 5 fully saturated rings. The van der Waals surface area contributed by atoms with Gasteiger partial charge in [-0.3, -0.25) is 9.59 Å². The minimum atomic E-state index is -1.94. The monoisotopic (exact) mass is 612 g/mol. The van der Waals surface area contributed by atoms with Crippen LogP contribution in [-0.4, -0.2) is 112 Å². The molecule has 0 aromatic carbocycles. The highest BCUT2D eigenvalue weighted by molar-refractivity contribution is 6.00. The molecule has 12 nitrogen and oxygen atoms in total. The molecule has 3 aliphatic carbocycles. The second kappa shape index (κ2) is 13.4. The van der Waals surface area contributed by atoms with Crippen LogP contribution >= 0.6 is 0 Å². The van der Waals surface area contributed by atoms with Gasteiger partial charge in [-0.15, -0.1) is 0 Å². The Bertz CT molecular complexity index is 998. The number of rotatable bonds is 8. The van der Waals surface area contributed by atoms with Crippen LogP contribution in [0.1, 0.15) is 65.2 Å². The molecule has 0 amide bonds. The van der Waals surface area contributed by atoms with E-state index in [0.717, 1.165) is 13.0 Å². The zero-order chi connectivity index (χ0) is 31.2. The van der Waals surface area contributed by atoms with E-state index in [0.29, 0.717) is 32.1 Å². The fourth-order valence-corrected chi connectivity index (χ4v) is 9.13. The first-order valence-corrected chi connectivity index (χ1v) is 16.2. The molecule has 0 spiro atoms. The quantitative estimate of drug-likeness (QED) is 0.185. The molecule has 0 aromatic rings. The van der Waals surface area contributed by atoms with E-state index in [-0.39, 0.29) is 48.3 Å². The Morgan fingerprint density at radius 1 is 1.05 bits per heavy atom. The molecule has 2 heterocycles. The van der Waals surface area contributed by atoms with E-state index in [1.165, 1.54) is 0 Å². The van der Waals surface area contributed by atoms with E-state index in [9.17, 15) is 35.1 Å². The number of ketones is 2. The zero-order valence-corrected chi connectivity index (χ0v) is 25.6. The van der Waals surface area contributed by atoms with Crippen LogP contribution in [0.2, 0.25) is 0 Å². The Morgan fingerprint density at radius 3 is 2.44 bits per heavy atom. The summed E-state index contributed by atoms with van der Waals surface area (Å²) in [7, 11) is 1.56. The van der Waals surface area contributed by atoms with Gasteiger partial charge in [0.1, 0.15) is 35.5 Å². The number of carbonyl (C=O) groups excluding carboxylic acids is 2. The Balaban J connectivity index is 1.37. The predicted molar refractivity (Wildman–Crippen MR) is 153 cm³/mol. The van der Waals surface area contributed by atoms with Crippen LogP contribution in [0.4, 0.5) is 0 Å². The average molecular weight is 613 g/mol. The Kier molecular flexibility index (Phi) is 10.3. The van der Waals surface area contributed by atoms with E-state index in [1.54, 1.807) is 7.11 Å². The van der Waals surface area contributed by atoms with Crippen molar-refractivity contribution in [1.29, 1.82) is 0 Å². The molecule has 0 aromatic heterocycles. The lowest BCUT2D eigenvalue weighted by Gasteiger charge is -2.54. The Labute approximate surface area is 253 Å². The van der Waals surface area contributed by atoms with Crippen molar-refractivity contribution >= 4 is 11.6 Å². The second-order valence-corrected chi connectivity index (χ2v) is 14.0. The normalized spacial score (nSPS) is 50.7. The highest BCUT2D eigenvalue weighted by atomic mass is 16.7. The summed E-state index contributed by atoms with van der Waals surface area (Å²) in [6, 6.07) is 0. The van der Waals surface area contributed by atoms with Crippen LogP contribution in [0.15, 0.2) is 0 Å². The molecule has 12 heteroatoms. The molecule has 5 aliphatic rings. The standard InChI is InChI=1S/C31H52N2O10/c1-4-16-19(41-3)12-20(25-24(16)26(36)17-9-14(2)10-18(35)23(17)27(25)37)42-30-28(38)29(39)31(40,21(13-34)43-30)7-5-15-6-8-33-22(32)11-15/h14-25,28-30,33-35,38-40H,4-13,32H2,1-3H3. The number of aliphatic hydroxyl groups is 5. The van der Waals surface area contributed by atoms with Crippen LogP contribution in [0.25, 0.3) is 0 Å². The van der Waals surface area contributed by atoms with Gasteiger partial charge in [0.05, 0.1) is 42.9 Å². The van der Waals surface area contributed by atoms with Crippen LogP contribution in [0.5, 0.6) is 0 Å². The summed E-state index contributed by atoms with van der Waals surface area (Å²) in [4.78, 5) is 28.2. The van der Waals surface area contributed by atoms with Crippen molar-refractivity contribution in [3.63, 3.8) is 0 Å². The van der Waals surface area contributed by atoms with Gasteiger partial charge >= 0.3 is 0 Å². The number of piperidine rings is 1. The SMILES string of the molecule is CCC1C(OC)CC(OC2OC(CO)C(O)(CCC3CCNC(N)C3)C(O)C2O)C2C(=O)C3C(O)CC(C)CC3C(=O)C12. The summed E-state index contributed by atoms with van der Waals surface area (Å²) >= 11 is 0. The number of carbonyl (C=O) groups is 2. The molecule has 16 atom stereocenters. The van der Waals surface area contributed by atoms with Crippen molar-refractivity contribution < 1.29 is 49.3 Å². The third-order valence-electron chi connectivity index (χ3n) is 11.4. The van der Waals surface area contributed by atoms with E-state index in [1.807, 2.05) is 13.8 Å². The molecule has 3 saturated carbocycles. The minimum Gasteiger partial charge on any atom is -0.394 e. The average Bonchev–Trinajstić information content (AvgIpc) is 2.98. The number of nitrogens with one attached hydrogen (secondary N) is 1. The van der Waals surface area contributed by atoms with Gasteiger partial charge in [0.2, 0.25) is 0 Å². The van der Waals surface area contributed by atoms with Crippen molar-refractivity contribution in [1.82, 2.24) is 5.32 Å². The fourth-order valence-electron chi connectivity index (χ4n) is 9.13. The van der Waals surface area contributed by atoms with Gasteiger partial charge in [0.25, 0.3) is 0 Å². The molecule has 8 N–H and O–H groups in total. The van der Waals surface area contributed by atoms with E-state index >= 15 is 0 Å². The lowest BCUT2D eigenvalue weighted by atomic mass is 9.52. The predicted octanol–water partition coefficient (Wildman–Crippen LogP) is -0.541. The lowest BCUT2D eigenvalue weighted by Crippen LogP contribution is -2.68.